The highest BCUT2D eigenvalue weighted by atomic mass is 14.8. The molecule has 0 amide bonds. The minimum absolute atomic E-state index is 0.161. The van der Waals surface area contributed by atoms with Crippen LogP contribution in [0.4, 0.5) is 5.69 Å². The van der Waals surface area contributed by atoms with Gasteiger partial charge in [-0.2, -0.15) is 0 Å². The fraction of sp³-hybridized carbons (Fsp3) is 0.297. The molecule has 0 fully saturated rings. The van der Waals surface area contributed by atoms with E-state index in [0.717, 1.165) is 6.42 Å². The molecule has 2 aliphatic carbocycles. The third-order valence-corrected chi connectivity index (χ3v) is 6.74. The molecule has 0 aliphatic heterocycles. The van der Waals surface area contributed by atoms with Crippen LogP contribution in [0.15, 0.2) is 109 Å². The molecule has 1 nitrogen and oxygen atoms in total. The molecule has 0 bridgehead atoms. The van der Waals surface area contributed by atoms with Crippen LogP contribution >= 0.6 is 0 Å². The van der Waals surface area contributed by atoms with Crippen molar-refractivity contribution in [3.05, 3.63) is 131 Å². The standard InChI is InChI=1S/C18H16.C17H23N.C2H6/c1-14-12-17(15-8-4-2-5-9-15)18(13-14)16-10-6-3-7-11-16;1-17(2,3)16-12-14(18-4)10-11-15(16)13-8-6-5-7-9-13;1-2/h2-14H,1H3;6,8-12,18H,5,7H2,1-4H3;1-2H3. The van der Waals surface area contributed by atoms with Crippen LogP contribution in [0.3, 0.4) is 0 Å². The minimum Gasteiger partial charge on any atom is -0.388 e. The predicted molar refractivity (Wildman–Crippen MR) is 170 cm³/mol. The van der Waals surface area contributed by atoms with Gasteiger partial charge in [0, 0.05) is 12.7 Å². The maximum atomic E-state index is 3.23. The van der Waals surface area contributed by atoms with E-state index in [1.165, 1.54) is 51.1 Å². The van der Waals surface area contributed by atoms with Crippen LogP contribution in [0, 0.1) is 5.92 Å². The Kier molecular flexibility index (Phi) is 10.5. The highest BCUT2D eigenvalue weighted by molar-refractivity contribution is 6.07. The molecule has 1 N–H and O–H groups in total. The van der Waals surface area contributed by atoms with Gasteiger partial charge in [-0.3, -0.25) is 0 Å². The van der Waals surface area contributed by atoms with E-state index in [2.05, 4.69) is 142 Å². The van der Waals surface area contributed by atoms with Gasteiger partial charge in [0.05, 0.1) is 0 Å². The van der Waals surface area contributed by atoms with E-state index < -0.39 is 0 Å². The molecule has 2 aliphatic rings. The number of nitrogens with one attached hydrogen (secondary N) is 1. The number of benzene rings is 3. The van der Waals surface area contributed by atoms with Gasteiger partial charge in [-0.05, 0) is 75.3 Å². The number of hydrogen-bond donors (Lipinski definition) is 1. The number of rotatable bonds is 4. The second-order valence-corrected chi connectivity index (χ2v) is 10.7. The van der Waals surface area contributed by atoms with E-state index in [1.807, 2.05) is 20.9 Å². The first-order valence-electron chi connectivity index (χ1n) is 14.1. The molecule has 0 radical (unpaired) electrons. The molecule has 0 saturated carbocycles. The van der Waals surface area contributed by atoms with Crippen molar-refractivity contribution in [2.75, 3.05) is 12.4 Å². The summed E-state index contributed by atoms with van der Waals surface area (Å²) in [5.74, 6) is 0.510. The van der Waals surface area contributed by atoms with Crippen LogP contribution in [0.5, 0.6) is 0 Å². The number of hydrogen-bond acceptors (Lipinski definition) is 1. The lowest BCUT2D eigenvalue weighted by Gasteiger charge is -2.25. The van der Waals surface area contributed by atoms with Crippen LogP contribution in [0.25, 0.3) is 16.7 Å². The normalized spacial score (nSPS) is 14.8. The van der Waals surface area contributed by atoms with Crippen molar-refractivity contribution in [3.8, 4) is 0 Å². The molecule has 5 rings (SSSR count). The van der Waals surface area contributed by atoms with Crippen LogP contribution in [0.2, 0.25) is 0 Å². The Labute approximate surface area is 231 Å². The average molecular weight is 504 g/mol. The van der Waals surface area contributed by atoms with E-state index in [0.29, 0.717) is 5.92 Å². The second-order valence-electron chi connectivity index (χ2n) is 10.7. The summed E-state index contributed by atoms with van der Waals surface area (Å²) in [6.07, 6.45) is 13.9. The van der Waals surface area contributed by atoms with Crippen molar-refractivity contribution in [2.24, 2.45) is 5.92 Å². The van der Waals surface area contributed by atoms with Gasteiger partial charge in [0.15, 0.2) is 0 Å². The maximum Gasteiger partial charge on any atom is 0.0340 e. The van der Waals surface area contributed by atoms with Crippen molar-refractivity contribution >= 4 is 22.4 Å². The van der Waals surface area contributed by atoms with Crippen LogP contribution in [-0.2, 0) is 5.41 Å². The van der Waals surface area contributed by atoms with Crippen molar-refractivity contribution in [2.45, 2.75) is 59.8 Å². The fourth-order valence-corrected chi connectivity index (χ4v) is 4.88. The third-order valence-electron chi connectivity index (χ3n) is 6.74. The molecule has 3 aromatic rings. The zero-order valence-electron chi connectivity index (χ0n) is 24.4. The minimum atomic E-state index is 0.161. The number of allylic oxidation sites excluding steroid dienone is 8. The monoisotopic (exact) mass is 503 g/mol. The van der Waals surface area contributed by atoms with E-state index in [4.69, 9.17) is 0 Å². The summed E-state index contributed by atoms with van der Waals surface area (Å²) >= 11 is 0. The zero-order valence-corrected chi connectivity index (χ0v) is 24.4. The molecule has 0 heterocycles. The first-order chi connectivity index (χ1) is 18.4. The van der Waals surface area contributed by atoms with Gasteiger partial charge in [-0.1, -0.05) is 139 Å². The summed E-state index contributed by atoms with van der Waals surface area (Å²) in [5.41, 5.74) is 10.8. The van der Waals surface area contributed by atoms with Gasteiger partial charge in [0.1, 0.15) is 0 Å². The second kappa shape index (κ2) is 13.8. The Morgan fingerprint density at radius 3 is 1.74 bits per heavy atom. The summed E-state index contributed by atoms with van der Waals surface area (Å²) < 4.78 is 0. The molecule has 0 saturated heterocycles. The lowest BCUT2D eigenvalue weighted by Crippen LogP contribution is -2.14. The van der Waals surface area contributed by atoms with Crippen LogP contribution in [-0.4, -0.2) is 7.05 Å². The molecule has 1 heteroatoms. The van der Waals surface area contributed by atoms with Crippen LogP contribution < -0.4 is 5.32 Å². The first kappa shape index (κ1) is 29.0. The molecular formula is C37H45N. The molecular weight excluding hydrogens is 458 g/mol. The molecule has 3 aromatic carbocycles. The van der Waals surface area contributed by atoms with Crippen molar-refractivity contribution in [1.82, 2.24) is 0 Å². The van der Waals surface area contributed by atoms with Gasteiger partial charge >= 0.3 is 0 Å². The summed E-state index contributed by atoms with van der Waals surface area (Å²) in [6, 6.07) is 27.9. The molecule has 198 valence electrons. The van der Waals surface area contributed by atoms with Crippen molar-refractivity contribution in [3.63, 3.8) is 0 Å². The SMILES string of the molecule is CC.CC1C=C(c2ccccc2)C(c2ccccc2)=C1.CNc1ccc(C2=CCCC=C2)c(C(C)(C)C)c1. The van der Waals surface area contributed by atoms with E-state index in [9.17, 15) is 0 Å². The van der Waals surface area contributed by atoms with E-state index in [-0.39, 0.29) is 5.41 Å². The van der Waals surface area contributed by atoms with E-state index in [1.54, 1.807) is 0 Å². The van der Waals surface area contributed by atoms with E-state index >= 15 is 0 Å². The first-order valence-corrected chi connectivity index (χ1v) is 14.1. The summed E-state index contributed by atoms with van der Waals surface area (Å²) in [4.78, 5) is 0. The Balaban J connectivity index is 0.000000198. The quantitative estimate of drug-likeness (QED) is 0.373. The molecule has 0 unspecified atom stereocenters. The summed E-state index contributed by atoms with van der Waals surface area (Å²) in [6.45, 7) is 13.1. The highest BCUT2D eigenvalue weighted by Crippen LogP contribution is 2.38. The molecule has 0 spiro atoms. The predicted octanol–water partition coefficient (Wildman–Crippen LogP) is 10.6. The van der Waals surface area contributed by atoms with Crippen LogP contribution in [0.1, 0.15) is 76.6 Å². The van der Waals surface area contributed by atoms with Crippen molar-refractivity contribution in [1.29, 1.82) is 0 Å². The van der Waals surface area contributed by atoms with Gasteiger partial charge < -0.3 is 5.32 Å². The largest absolute Gasteiger partial charge is 0.388 e. The summed E-state index contributed by atoms with van der Waals surface area (Å²) in [5, 5.41) is 3.23. The van der Waals surface area contributed by atoms with Crippen molar-refractivity contribution < 1.29 is 0 Å². The Morgan fingerprint density at radius 2 is 1.29 bits per heavy atom. The van der Waals surface area contributed by atoms with Gasteiger partial charge in [-0.25, -0.2) is 0 Å². The smallest absolute Gasteiger partial charge is 0.0340 e. The Hall–Kier alpha value is -3.58. The third kappa shape index (κ3) is 7.48. The Morgan fingerprint density at radius 1 is 0.737 bits per heavy atom. The summed E-state index contributed by atoms with van der Waals surface area (Å²) in [7, 11) is 1.97. The fourth-order valence-electron chi connectivity index (χ4n) is 4.88. The highest BCUT2D eigenvalue weighted by Gasteiger charge is 2.20. The Bertz CT molecular complexity index is 1230. The molecule has 0 aromatic heterocycles. The lowest BCUT2D eigenvalue weighted by molar-refractivity contribution is 0.589. The van der Waals surface area contributed by atoms with Gasteiger partial charge in [-0.15, -0.1) is 0 Å². The molecule has 38 heavy (non-hydrogen) atoms. The molecule has 0 atom stereocenters. The number of anilines is 1. The van der Waals surface area contributed by atoms with Gasteiger partial charge in [0.25, 0.3) is 0 Å². The van der Waals surface area contributed by atoms with Gasteiger partial charge in [0.2, 0.25) is 0 Å². The lowest BCUT2D eigenvalue weighted by atomic mass is 9.80. The average Bonchev–Trinajstić information content (AvgIpc) is 3.37. The topological polar surface area (TPSA) is 12.0 Å². The zero-order chi connectivity index (χ0) is 27.5. The maximum absolute atomic E-state index is 3.23.